The molecule has 0 radical (unpaired) electrons. The van der Waals surface area contributed by atoms with Crippen LogP contribution in [0.5, 0.6) is 0 Å². The van der Waals surface area contributed by atoms with E-state index < -0.39 is 34.7 Å². The van der Waals surface area contributed by atoms with Crippen molar-refractivity contribution < 1.29 is 30.3 Å². The summed E-state index contributed by atoms with van der Waals surface area (Å²) in [6, 6.07) is 0. The lowest BCUT2D eigenvalue weighted by molar-refractivity contribution is -0.155. The van der Waals surface area contributed by atoms with E-state index >= 15 is 0 Å². The van der Waals surface area contributed by atoms with Gasteiger partial charge in [0.05, 0.1) is 30.5 Å². The van der Waals surface area contributed by atoms with Gasteiger partial charge in [-0.25, -0.2) is 0 Å². The highest BCUT2D eigenvalue weighted by molar-refractivity contribution is 5.95. The third-order valence-electron chi connectivity index (χ3n) is 9.63. The van der Waals surface area contributed by atoms with E-state index in [-0.39, 0.29) is 36.6 Å². The Morgan fingerprint density at radius 2 is 1.87 bits per heavy atom. The summed E-state index contributed by atoms with van der Waals surface area (Å²) in [7, 11) is 1.87. The molecule has 7 nitrogen and oxygen atoms in total. The van der Waals surface area contributed by atoms with Crippen LogP contribution in [0.3, 0.4) is 0 Å². The molecular formula is C24H39NO6. The molecule has 0 aromatic heterocycles. The molecule has 9 unspecified atom stereocenters. The molecule has 0 spiro atoms. The zero-order chi connectivity index (χ0) is 22.8. The number of fused-ring (bicyclic) bond motifs is 5. The number of likely N-dealkylation sites (N-methyl/N-ethyl adjacent to an activating group) is 1. The first kappa shape index (κ1) is 23.3. The van der Waals surface area contributed by atoms with E-state index in [9.17, 15) is 25.2 Å². The van der Waals surface area contributed by atoms with E-state index in [2.05, 4.69) is 6.92 Å². The Labute approximate surface area is 184 Å². The summed E-state index contributed by atoms with van der Waals surface area (Å²) in [6.45, 7) is 5.05. The second-order valence-electron chi connectivity index (χ2n) is 11.2. The molecule has 5 N–H and O–H groups in total. The minimum absolute atomic E-state index is 0.0108. The summed E-state index contributed by atoms with van der Waals surface area (Å²) in [6.07, 6.45) is 2.65. The van der Waals surface area contributed by atoms with Crippen LogP contribution in [0.25, 0.3) is 0 Å². The van der Waals surface area contributed by atoms with E-state index in [4.69, 9.17) is 5.11 Å². The van der Waals surface area contributed by atoms with Crippen molar-refractivity contribution in [2.45, 2.75) is 76.3 Å². The molecule has 0 aliphatic heterocycles. The largest absolute Gasteiger partial charge is 0.395 e. The minimum atomic E-state index is -1.15. The van der Waals surface area contributed by atoms with Crippen LogP contribution in [0.15, 0.2) is 11.6 Å². The van der Waals surface area contributed by atoms with Crippen molar-refractivity contribution in [1.82, 2.24) is 4.90 Å². The standard InChI is InChI=1S/C24H39NO6/c1-22-12-20(29)19(28)11-17(22)18(27)10-16-14(22)4-6-23(2)15(5-7-24(16,23)31)21(30)13-25(3)8-9-26/h10,14-15,17,19-21,26,28-31H,4-9,11-13H2,1-3H3. The number of carbonyl (C=O) groups is 1. The molecule has 0 amide bonds. The summed E-state index contributed by atoms with van der Waals surface area (Å²) in [5.41, 5.74) is -1.38. The van der Waals surface area contributed by atoms with Crippen molar-refractivity contribution in [2.24, 2.45) is 28.6 Å². The number of carbonyl (C=O) groups excluding carboxylic acids is 1. The van der Waals surface area contributed by atoms with E-state index in [1.807, 2.05) is 18.9 Å². The van der Waals surface area contributed by atoms with Crippen LogP contribution in [0.2, 0.25) is 0 Å². The maximum atomic E-state index is 13.1. The third-order valence-corrected chi connectivity index (χ3v) is 9.63. The monoisotopic (exact) mass is 437 g/mol. The first-order valence-corrected chi connectivity index (χ1v) is 11.8. The zero-order valence-electron chi connectivity index (χ0n) is 19.0. The van der Waals surface area contributed by atoms with E-state index in [1.54, 1.807) is 6.08 Å². The normalized spacial score (nSPS) is 48.1. The van der Waals surface area contributed by atoms with Crippen molar-refractivity contribution in [3.8, 4) is 0 Å². The Morgan fingerprint density at radius 3 is 2.55 bits per heavy atom. The molecule has 0 bridgehead atoms. The lowest BCUT2D eigenvalue weighted by Crippen LogP contribution is -2.61. The van der Waals surface area contributed by atoms with Crippen molar-refractivity contribution in [1.29, 1.82) is 0 Å². The topological polar surface area (TPSA) is 121 Å². The predicted molar refractivity (Wildman–Crippen MR) is 115 cm³/mol. The Balaban J connectivity index is 1.65. The Hall–Kier alpha value is -0.830. The number of aliphatic hydroxyl groups is 5. The van der Waals surface area contributed by atoms with E-state index in [0.29, 0.717) is 32.4 Å². The van der Waals surface area contributed by atoms with Gasteiger partial charge in [0.2, 0.25) is 0 Å². The van der Waals surface area contributed by atoms with Gasteiger partial charge in [-0.05, 0) is 74.5 Å². The molecule has 0 heterocycles. The summed E-state index contributed by atoms with van der Waals surface area (Å²) in [5, 5.41) is 52.8. The number of nitrogens with zero attached hydrogens (tertiary/aromatic N) is 1. The number of rotatable bonds is 5. The van der Waals surface area contributed by atoms with Crippen LogP contribution in [0.1, 0.15) is 52.4 Å². The van der Waals surface area contributed by atoms with Gasteiger partial charge in [-0.1, -0.05) is 13.8 Å². The SMILES string of the molecule is CN(CCO)CC(O)C1CCC2(O)C3=CC(=O)C4CC(O)C(O)CC4(C)C3CCC12C. The minimum Gasteiger partial charge on any atom is -0.395 e. The van der Waals surface area contributed by atoms with Gasteiger partial charge in [-0.3, -0.25) is 4.79 Å². The molecule has 0 aromatic rings. The molecule has 4 aliphatic rings. The lowest BCUT2D eigenvalue weighted by atomic mass is 9.46. The fraction of sp³-hybridized carbons (Fsp3) is 0.875. The quantitative estimate of drug-likeness (QED) is 0.424. The molecule has 4 aliphatic carbocycles. The molecule has 0 saturated heterocycles. The molecule has 4 rings (SSSR count). The number of ketones is 1. The third kappa shape index (κ3) is 3.35. The molecule has 176 valence electrons. The molecular weight excluding hydrogens is 398 g/mol. The molecule has 3 saturated carbocycles. The van der Waals surface area contributed by atoms with Crippen LogP contribution < -0.4 is 0 Å². The van der Waals surface area contributed by atoms with Gasteiger partial charge >= 0.3 is 0 Å². The average Bonchev–Trinajstić information content (AvgIpc) is 2.96. The summed E-state index contributed by atoms with van der Waals surface area (Å²) < 4.78 is 0. The first-order chi connectivity index (χ1) is 14.5. The lowest BCUT2D eigenvalue weighted by Gasteiger charge is -2.60. The maximum Gasteiger partial charge on any atom is 0.159 e. The van der Waals surface area contributed by atoms with Gasteiger partial charge in [0.25, 0.3) is 0 Å². The van der Waals surface area contributed by atoms with Crippen LogP contribution in [0.4, 0.5) is 0 Å². The maximum absolute atomic E-state index is 13.1. The summed E-state index contributed by atoms with van der Waals surface area (Å²) in [4.78, 5) is 15.1. The molecule has 0 aromatic carbocycles. The van der Waals surface area contributed by atoms with E-state index in [0.717, 1.165) is 18.4 Å². The smallest absolute Gasteiger partial charge is 0.159 e. The number of allylic oxidation sites excluding steroid dienone is 1. The van der Waals surface area contributed by atoms with Crippen molar-refractivity contribution >= 4 is 5.78 Å². The second-order valence-corrected chi connectivity index (χ2v) is 11.2. The Morgan fingerprint density at radius 1 is 1.16 bits per heavy atom. The fourth-order valence-electron chi connectivity index (χ4n) is 7.74. The summed E-state index contributed by atoms with van der Waals surface area (Å²) >= 11 is 0. The zero-order valence-corrected chi connectivity index (χ0v) is 19.0. The van der Waals surface area contributed by atoms with Crippen molar-refractivity contribution in [3.63, 3.8) is 0 Å². The van der Waals surface area contributed by atoms with Crippen LogP contribution in [-0.4, -0.2) is 86.9 Å². The van der Waals surface area contributed by atoms with Gasteiger partial charge in [-0.2, -0.15) is 0 Å². The fourth-order valence-corrected chi connectivity index (χ4v) is 7.74. The molecule has 31 heavy (non-hydrogen) atoms. The van der Waals surface area contributed by atoms with Gasteiger partial charge in [0, 0.05) is 24.4 Å². The predicted octanol–water partition coefficient (Wildman–Crippen LogP) is 0.476. The van der Waals surface area contributed by atoms with Crippen LogP contribution in [-0.2, 0) is 4.79 Å². The van der Waals surface area contributed by atoms with Crippen molar-refractivity contribution in [3.05, 3.63) is 11.6 Å². The highest BCUT2D eigenvalue weighted by Crippen LogP contribution is 2.67. The number of hydrogen-bond donors (Lipinski definition) is 5. The number of hydrogen-bond acceptors (Lipinski definition) is 7. The summed E-state index contributed by atoms with van der Waals surface area (Å²) in [5.74, 6) is -0.491. The molecule has 7 heteroatoms. The molecule has 9 atom stereocenters. The molecule has 3 fully saturated rings. The second kappa shape index (κ2) is 7.89. The van der Waals surface area contributed by atoms with Gasteiger partial charge in [0.15, 0.2) is 5.78 Å². The van der Waals surface area contributed by atoms with Gasteiger partial charge < -0.3 is 30.4 Å². The highest BCUT2D eigenvalue weighted by atomic mass is 16.3. The van der Waals surface area contributed by atoms with Crippen LogP contribution >= 0.6 is 0 Å². The number of aliphatic hydroxyl groups excluding tert-OH is 4. The Bertz CT molecular complexity index is 756. The van der Waals surface area contributed by atoms with Crippen LogP contribution in [0, 0.1) is 28.6 Å². The van der Waals surface area contributed by atoms with Gasteiger partial charge in [-0.15, -0.1) is 0 Å². The van der Waals surface area contributed by atoms with E-state index in [1.165, 1.54) is 0 Å². The highest BCUT2D eigenvalue weighted by Gasteiger charge is 2.67. The average molecular weight is 438 g/mol. The Kier molecular flexibility index (Phi) is 5.94. The van der Waals surface area contributed by atoms with Gasteiger partial charge in [0.1, 0.15) is 0 Å². The first-order valence-electron chi connectivity index (χ1n) is 11.8. The van der Waals surface area contributed by atoms with Crippen molar-refractivity contribution in [2.75, 3.05) is 26.7 Å².